The van der Waals surface area contributed by atoms with Gasteiger partial charge in [0.1, 0.15) is 5.82 Å². The van der Waals surface area contributed by atoms with E-state index in [4.69, 9.17) is 0 Å². The predicted octanol–water partition coefficient (Wildman–Crippen LogP) is 4.32. The molecule has 1 heterocycles. The molecule has 2 aromatic rings. The summed E-state index contributed by atoms with van der Waals surface area (Å²) in [5.74, 6) is -0.154. The summed E-state index contributed by atoms with van der Waals surface area (Å²) in [5, 5.41) is 4.68. The second-order valence-corrected chi connectivity index (χ2v) is 6.76. The maximum atomic E-state index is 13.6. The van der Waals surface area contributed by atoms with Gasteiger partial charge in [-0.1, -0.05) is 20.8 Å². The Hall–Kier alpha value is -1.35. The average molecular weight is 274 g/mol. The van der Waals surface area contributed by atoms with E-state index < -0.39 is 0 Å². The second kappa shape index (κ2) is 4.88. The van der Waals surface area contributed by atoms with Crippen LogP contribution in [0.1, 0.15) is 50.9 Å². The lowest BCUT2D eigenvalue weighted by atomic mass is 9.74. The summed E-state index contributed by atoms with van der Waals surface area (Å²) in [6.45, 7) is 7.80. The van der Waals surface area contributed by atoms with Crippen molar-refractivity contribution in [3.63, 3.8) is 0 Å². The van der Waals surface area contributed by atoms with Crippen molar-refractivity contribution in [3.8, 4) is 0 Å². The van der Waals surface area contributed by atoms with Crippen molar-refractivity contribution >= 4 is 10.9 Å². The molecule has 1 aromatic carbocycles. The molecule has 1 aliphatic carbocycles. The van der Waals surface area contributed by atoms with Crippen LogP contribution in [0.5, 0.6) is 0 Å². The molecule has 108 valence electrons. The number of fused-ring (bicyclic) bond motifs is 3. The third kappa shape index (κ3) is 2.35. The van der Waals surface area contributed by atoms with E-state index >= 15 is 0 Å². The minimum Gasteiger partial charge on any atom is -0.358 e. The zero-order valence-electron chi connectivity index (χ0n) is 12.5. The summed E-state index contributed by atoms with van der Waals surface area (Å²) in [6, 6.07) is 5.38. The van der Waals surface area contributed by atoms with Crippen LogP contribution in [0.4, 0.5) is 4.39 Å². The van der Waals surface area contributed by atoms with Crippen LogP contribution in [0.15, 0.2) is 18.2 Å². The highest BCUT2D eigenvalue weighted by atomic mass is 19.1. The van der Waals surface area contributed by atoms with Crippen LogP contribution >= 0.6 is 0 Å². The van der Waals surface area contributed by atoms with Crippen molar-refractivity contribution in [1.29, 1.82) is 0 Å². The first kappa shape index (κ1) is 13.6. The maximum Gasteiger partial charge on any atom is 0.123 e. The van der Waals surface area contributed by atoms with E-state index in [1.807, 2.05) is 6.07 Å². The zero-order chi connectivity index (χ0) is 14.3. The first-order valence-corrected chi connectivity index (χ1v) is 7.53. The number of benzene rings is 1. The monoisotopic (exact) mass is 274 g/mol. The molecule has 1 aliphatic rings. The van der Waals surface area contributed by atoms with Crippen molar-refractivity contribution in [2.45, 2.75) is 46.1 Å². The minimum absolute atomic E-state index is 0.154. The number of hydrogen-bond acceptors (Lipinski definition) is 1. The molecule has 0 radical (unpaired) electrons. The average Bonchev–Trinajstić information content (AvgIpc) is 2.71. The van der Waals surface area contributed by atoms with Gasteiger partial charge in [0.25, 0.3) is 0 Å². The molecule has 0 fully saturated rings. The van der Waals surface area contributed by atoms with Crippen LogP contribution < -0.4 is 5.32 Å². The summed E-state index contributed by atoms with van der Waals surface area (Å²) in [5.41, 5.74) is 3.89. The highest BCUT2D eigenvalue weighted by molar-refractivity contribution is 5.85. The molecule has 0 bridgehead atoms. The van der Waals surface area contributed by atoms with Crippen LogP contribution in [0, 0.1) is 11.2 Å². The lowest BCUT2D eigenvalue weighted by Gasteiger charge is -2.36. The minimum atomic E-state index is -0.154. The van der Waals surface area contributed by atoms with Crippen molar-refractivity contribution in [3.05, 3.63) is 35.3 Å². The first-order chi connectivity index (χ1) is 9.50. The van der Waals surface area contributed by atoms with Gasteiger partial charge in [0, 0.05) is 22.6 Å². The number of halogens is 1. The van der Waals surface area contributed by atoms with Crippen LogP contribution in [0.2, 0.25) is 0 Å². The smallest absolute Gasteiger partial charge is 0.123 e. The SMILES string of the molecule is CCCNC1CC(C)(C)Cc2[nH]c3ccc(F)cc3c21. The number of hydrogen-bond donors (Lipinski definition) is 2. The van der Waals surface area contributed by atoms with E-state index in [-0.39, 0.29) is 11.2 Å². The molecule has 20 heavy (non-hydrogen) atoms. The number of nitrogens with one attached hydrogen (secondary N) is 2. The Morgan fingerprint density at radius 3 is 2.95 bits per heavy atom. The molecule has 1 atom stereocenters. The topological polar surface area (TPSA) is 27.8 Å². The summed E-state index contributed by atoms with van der Waals surface area (Å²) in [7, 11) is 0. The Balaban J connectivity index is 2.11. The lowest BCUT2D eigenvalue weighted by Crippen LogP contribution is -2.33. The fourth-order valence-electron chi connectivity index (χ4n) is 3.48. The van der Waals surface area contributed by atoms with Crippen molar-refractivity contribution in [2.24, 2.45) is 5.41 Å². The summed E-state index contributed by atoms with van der Waals surface area (Å²) < 4.78 is 13.6. The van der Waals surface area contributed by atoms with Crippen LogP contribution in [-0.2, 0) is 6.42 Å². The Morgan fingerprint density at radius 2 is 2.20 bits per heavy atom. The predicted molar refractivity (Wildman–Crippen MR) is 81.4 cm³/mol. The van der Waals surface area contributed by atoms with Gasteiger partial charge in [0.15, 0.2) is 0 Å². The molecule has 3 heteroatoms. The molecule has 1 unspecified atom stereocenters. The van der Waals surface area contributed by atoms with Gasteiger partial charge in [-0.3, -0.25) is 0 Å². The number of H-pyrrole nitrogens is 1. The van der Waals surface area contributed by atoms with Gasteiger partial charge in [-0.2, -0.15) is 0 Å². The van der Waals surface area contributed by atoms with E-state index in [1.165, 1.54) is 17.3 Å². The molecule has 2 N–H and O–H groups in total. The fraction of sp³-hybridized carbons (Fsp3) is 0.529. The molecular weight excluding hydrogens is 251 g/mol. The third-order valence-electron chi connectivity index (χ3n) is 4.28. The van der Waals surface area contributed by atoms with Gasteiger partial charge < -0.3 is 10.3 Å². The van der Waals surface area contributed by atoms with E-state index in [1.54, 1.807) is 6.07 Å². The molecule has 0 saturated heterocycles. The third-order valence-corrected chi connectivity index (χ3v) is 4.28. The molecular formula is C17H23FN2. The van der Waals surface area contributed by atoms with Crippen LogP contribution in [-0.4, -0.2) is 11.5 Å². The Kier molecular flexibility index (Phi) is 3.33. The molecule has 2 nitrogen and oxygen atoms in total. The Labute approximate surface area is 119 Å². The first-order valence-electron chi connectivity index (χ1n) is 7.53. The van der Waals surface area contributed by atoms with Crippen molar-refractivity contribution < 1.29 is 4.39 Å². The summed E-state index contributed by atoms with van der Waals surface area (Å²) in [4.78, 5) is 3.50. The van der Waals surface area contributed by atoms with E-state index in [0.29, 0.717) is 6.04 Å². The highest BCUT2D eigenvalue weighted by Crippen LogP contribution is 2.43. The van der Waals surface area contributed by atoms with Gasteiger partial charge >= 0.3 is 0 Å². The second-order valence-electron chi connectivity index (χ2n) is 6.76. The number of aromatic nitrogens is 1. The van der Waals surface area contributed by atoms with Crippen molar-refractivity contribution in [1.82, 2.24) is 10.3 Å². The van der Waals surface area contributed by atoms with Gasteiger partial charge in [0.2, 0.25) is 0 Å². The molecule has 0 spiro atoms. The van der Waals surface area contributed by atoms with Gasteiger partial charge in [-0.15, -0.1) is 0 Å². The Bertz CT molecular complexity index is 627. The standard InChI is InChI=1S/C17H23FN2/c1-4-7-19-14-9-17(2,3)10-15-16(14)12-8-11(18)5-6-13(12)20-15/h5-6,8,14,19-20H,4,7,9-10H2,1-3H3. The van der Waals surface area contributed by atoms with Gasteiger partial charge in [-0.25, -0.2) is 4.39 Å². The van der Waals surface area contributed by atoms with Crippen LogP contribution in [0.25, 0.3) is 10.9 Å². The number of rotatable bonds is 3. The van der Waals surface area contributed by atoms with Gasteiger partial charge in [0.05, 0.1) is 0 Å². The lowest BCUT2D eigenvalue weighted by molar-refractivity contribution is 0.257. The maximum absolute atomic E-state index is 13.6. The molecule has 1 aromatic heterocycles. The quantitative estimate of drug-likeness (QED) is 0.857. The van der Waals surface area contributed by atoms with Crippen LogP contribution in [0.3, 0.4) is 0 Å². The Morgan fingerprint density at radius 1 is 1.40 bits per heavy atom. The number of aromatic amines is 1. The van der Waals surface area contributed by atoms with E-state index in [2.05, 4.69) is 31.1 Å². The molecule has 3 rings (SSSR count). The highest BCUT2D eigenvalue weighted by Gasteiger charge is 2.34. The normalized spacial score (nSPS) is 21.1. The molecule has 0 amide bonds. The van der Waals surface area contributed by atoms with Gasteiger partial charge in [-0.05, 0) is 55.0 Å². The molecule has 0 aliphatic heterocycles. The van der Waals surface area contributed by atoms with E-state index in [0.717, 1.165) is 36.7 Å². The largest absolute Gasteiger partial charge is 0.358 e. The van der Waals surface area contributed by atoms with E-state index in [9.17, 15) is 4.39 Å². The summed E-state index contributed by atoms with van der Waals surface area (Å²) in [6.07, 6.45) is 3.25. The fourth-order valence-corrected chi connectivity index (χ4v) is 3.48. The zero-order valence-corrected chi connectivity index (χ0v) is 12.5. The molecule has 0 saturated carbocycles. The van der Waals surface area contributed by atoms with Crippen molar-refractivity contribution in [2.75, 3.05) is 6.54 Å². The summed E-state index contributed by atoms with van der Waals surface area (Å²) >= 11 is 0.